The lowest BCUT2D eigenvalue weighted by Gasteiger charge is -2.12. The van der Waals surface area contributed by atoms with E-state index in [-0.39, 0.29) is 23.4 Å². The van der Waals surface area contributed by atoms with Crippen LogP contribution in [0.1, 0.15) is 36.2 Å². The van der Waals surface area contributed by atoms with Crippen LogP contribution in [0.4, 0.5) is 0 Å². The maximum absolute atomic E-state index is 12.4. The lowest BCUT2D eigenvalue weighted by molar-refractivity contribution is 0.0950. The second-order valence-corrected chi connectivity index (χ2v) is 9.14. The Morgan fingerprint density at radius 3 is 2.42 bits per heavy atom. The van der Waals surface area contributed by atoms with Crippen molar-refractivity contribution in [3.8, 4) is 17.4 Å². The van der Waals surface area contributed by atoms with Gasteiger partial charge in [-0.1, -0.05) is 19.1 Å². The molecule has 2 aromatic carbocycles. The van der Waals surface area contributed by atoms with Gasteiger partial charge in [-0.25, -0.2) is 18.1 Å². The van der Waals surface area contributed by atoms with E-state index in [0.29, 0.717) is 29.4 Å². The summed E-state index contributed by atoms with van der Waals surface area (Å²) in [5.74, 6) is 1.39. The van der Waals surface area contributed by atoms with Gasteiger partial charge in [0.2, 0.25) is 15.9 Å². The van der Waals surface area contributed by atoms with E-state index in [1.54, 1.807) is 44.5 Å². The van der Waals surface area contributed by atoms with Crippen LogP contribution < -0.4 is 19.5 Å². The molecule has 0 radical (unpaired) electrons. The maximum Gasteiger partial charge on any atom is 0.251 e. The normalized spacial score (nSPS) is 12.1. The molecule has 3 rings (SSSR count). The summed E-state index contributed by atoms with van der Waals surface area (Å²) in [6.45, 7) is 3.96. The molecule has 1 amide bonds. The zero-order valence-corrected chi connectivity index (χ0v) is 19.6. The van der Waals surface area contributed by atoms with Crippen molar-refractivity contribution in [2.24, 2.45) is 0 Å². The molecule has 1 unspecified atom stereocenters. The van der Waals surface area contributed by atoms with Gasteiger partial charge in [0, 0.05) is 36.5 Å². The first-order chi connectivity index (χ1) is 15.8. The van der Waals surface area contributed by atoms with Gasteiger partial charge in [0.1, 0.15) is 11.5 Å². The summed E-state index contributed by atoms with van der Waals surface area (Å²) >= 11 is 0. The zero-order chi connectivity index (χ0) is 23.8. The molecule has 174 valence electrons. The number of carbonyl (C=O) groups is 1. The van der Waals surface area contributed by atoms with Crippen molar-refractivity contribution in [1.82, 2.24) is 15.0 Å². The third-order valence-electron chi connectivity index (χ3n) is 4.91. The molecular formula is C24H27N3O5S. The largest absolute Gasteiger partial charge is 0.497 e. The Morgan fingerprint density at radius 1 is 1.06 bits per heavy atom. The Bertz CT molecular complexity index is 1180. The number of pyridine rings is 1. The Hall–Kier alpha value is -3.43. The van der Waals surface area contributed by atoms with E-state index in [4.69, 9.17) is 9.47 Å². The number of amides is 1. The molecule has 0 aliphatic rings. The van der Waals surface area contributed by atoms with Gasteiger partial charge in [-0.15, -0.1) is 0 Å². The number of methoxy groups -OCH3 is 1. The first-order valence-corrected chi connectivity index (χ1v) is 12.0. The van der Waals surface area contributed by atoms with Crippen LogP contribution >= 0.6 is 0 Å². The van der Waals surface area contributed by atoms with Gasteiger partial charge in [-0.2, -0.15) is 0 Å². The Morgan fingerprint density at radius 2 is 1.79 bits per heavy atom. The van der Waals surface area contributed by atoms with E-state index in [9.17, 15) is 13.2 Å². The van der Waals surface area contributed by atoms with Crippen molar-refractivity contribution in [2.75, 3.05) is 7.11 Å². The minimum absolute atomic E-state index is 0.121. The zero-order valence-electron chi connectivity index (χ0n) is 18.7. The van der Waals surface area contributed by atoms with Crippen molar-refractivity contribution < 1.29 is 22.7 Å². The number of aromatic nitrogens is 1. The SMILES string of the molecule is CCC(C)NS(=O)(=O)c1ccc(C(=O)NCc2ccc(Oc3cccc(OC)c3)nc2)cc1. The monoisotopic (exact) mass is 469 g/mol. The van der Waals surface area contributed by atoms with E-state index in [0.717, 1.165) is 5.56 Å². The number of sulfonamides is 1. The minimum atomic E-state index is -3.61. The maximum atomic E-state index is 12.4. The highest BCUT2D eigenvalue weighted by molar-refractivity contribution is 7.89. The van der Waals surface area contributed by atoms with Gasteiger partial charge >= 0.3 is 0 Å². The molecule has 0 spiro atoms. The highest BCUT2D eigenvalue weighted by atomic mass is 32.2. The first-order valence-electron chi connectivity index (χ1n) is 10.5. The van der Waals surface area contributed by atoms with Crippen LogP contribution in [0.15, 0.2) is 71.8 Å². The average Bonchev–Trinajstić information content (AvgIpc) is 2.83. The smallest absolute Gasteiger partial charge is 0.251 e. The number of carbonyl (C=O) groups excluding carboxylic acids is 1. The van der Waals surface area contributed by atoms with Crippen LogP contribution in [0.5, 0.6) is 17.4 Å². The molecule has 9 heteroatoms. The number of nitrogens with zero attached hydrogens (tertiary/aromatic N) is 1. The molecule has 0 aliphatic carbocycles. The molecule has 0 bridgehead atoms. The van der Waals surface area contributed by atoms with Gasteiger partial charge in [-0.3, -0.25) is 4.79 Å². The quantitative estimate of drug-likeness (QED) is 0.467. The Balaban J connectivity index is 1.56. The fourth-order valence-corrected chi connectivity index (χ4v) is 4.17. The second-order valence-electron chi connectivity index (χ2n) is 7.42. The van der Waals surface area contributed by atoms with Gasteiger partial charge in [0.15, 0.2) is 0 Å². The molecule has 1 atom stereocenters. The topological polar surface area (TPSA) is 107 Å². The summed E-state index contributed by atoms with van der Waals surface area (Å²) in [4.78, 5) is 16.8. The highest BCUT2D eigenvalue weighted by Gasteiger charge is 2.17. The van der Waals surface area contributed by atoms with E-state index in [2.05, 4.69) is 15.0 Å². The van der Waals surface area contributed by atoms with Gasteiger partial charge in [0.05, 0.1) is 12.0 Å². The predicted molar refractivity (Wildman–Crippen MR) is 125 cm³/mol. The number of nitrogens with one attached hydrogen (secondary N) is 2. The summed E-state index contributed by atoms with van der Waals surface area (Å²) in [5, 5.41) is 2.80. The van der Waals surface area contributed by atoms with Crippen LogP contribution in [-0.2, 0) is 16.6 Å². The van der Waals surface area contributed by atoms with E-state index >= 15 is 0 Å². The highest BCUT2D eigenvalue weighted by Crippen LogP contribution is 2.23. The molecule has 2 N–H and O–H groups in total. The molecular weight excluding hydrogens is 442 g/mol. The van der Waals surface area contributed by atoms with E-state index in [1.165, 1.54) is 24.3 Å². The number of hydrogen-bond donors (Lipinski definition) is 2. The summed E-state index contributed by atoms with van der Waals surface area (Å²) in [7, 11) is -2.02. The van der Waals surface area contributed by atoms with Crippen LogP contribution in [0, 0.1) is 0 Å². The van der Waals surface area contributed by atoms with Crippen LogP contribution in [-0.4, -0.2) is 32.5 Å². The molecule has 0 aliphatic heterocycles. The number of hydrogen-bond acceptors (Lipinski definition) is 6. The third kappa shape index (κ3) is 6.77. The number of ether oxygens (including phenoxy) is 2. The number of benzene rings is 2. The summed E-state index contributed by atoms with van der Waals surface area (Å²) < 4.78 is 38.1. The molecule has 0 saturated carbocycles. The molecule has 1 aromatic heterocycles. The predicted octanol–water partition coefficient (Wildman–Crippen LogP) is 3.89. The molecule has 0 fully saturated rings. The van der Waals surface area contributed by atoms with Gasteiger partial charge < -0.3 is 14.8 Å². The van der Waals surface area contributed by atoms with Gasteiger partial charge in [0.25, 0.3) is 5.91 Å². The minimum Gasteiger partial charge on any atom is -0.497 e. The lowest BCUT2D eigenvalue weighted by Crippen LogP contribution is -2.32. The molecule has 1 heterocycles. The summed E-state index contributed by atoms with van der Waals surface area (Å²) in [6.07, 6.45) is 2.30. The Labute approximate surface area is 194 Å². The van der Waals surface area contributed by atoms with E-state index in [1.807, 2.05) is 19.1 Å². The average molecular weight is 470 g/mol. The lowest BCUT2D eigenvalue weighted by atomic mass is 10.2. The van der Waals surface area contributed by atoms with E-state index < -0.39 is 10.0 Å². The standard InChI is InChI=1S/C24H27N3O5S/c1-4-17(2)27-33(29,30)22-11-9-19(10-12-22)24(28)26-16-18-8-13-23(25-15-18)32-21-7-5-6-20(14-21)31-3/h5-15,17,27H,4,16H2,1-3H3,(H,26,28). The number of rotatable bonds is 10. The van der Waals surface area contributed by atoms with Crippen LogP contribution in [0.25, 0.3) is 0 Å². The fourth-order valence-electron chi connectivity index (χ4n) is 2.85. The Kier molecular flexibility index (Phi) is 8.02. The third-order valence-corrected chi connectivity index (χ3v) is 6.52. The summed E-state index contributed by atoms with van der Waals surface area (Å²) in [5.41, 5.74) is 1.15. The fraction of sp³-hybridized carbons (Fsp3) is 0.250. The van der Waals surface area contributed by atoms with Crippen molar-refractivity contribution in [1.29, 1.82) is 0 Å². The second kappa shape index (κ2) is 10.9. The first kappa shape index (κ1) is 24.2. The van der Waals surface area contributed by atoms with Gasteiger partial charge in [-0.05, 0) is 55.3 Å². The molecule has 33 heavy (non-hydrogen) atoms. The van der Waals surface area contributed by atoms with Crippen molar-refractivity contribution in [2.45, 2.75) is 37.8 Å². The van der Waals surface area contributed by atoms with Crippen LogP contribution in [0.2, 0.25) is 0 Å². The summed E-state index contributed by atoms with van der Waals surface area (Å²) in [6, 6.07) is 16.4. The van der Waals surface area contributed by atoms with Crippen molar-refractivity contribution >= 4 is 15.9 Å². The van der Waals surface area contributed by atoms with Crippen LogP contribution in [0.3, 0.4) is 0 Å². The molecule has 8 nitrogen and oxygen atoms in total. The molecule has 3 aromatic rings. The van der Waals surface area contributed by atoms with Crippen molar-refractivity contribution in [3.63, 3.8) is 0 Å². The van der Waals surface area contributed by atoms with Crippen molar-refractivity contribution in [3.05, 3.63) is 78.0 Å². The molecule has 0 saturated heterocycles.